The Bertz CT molecular complexity index is 949. The fourth-order valence-electron chi connectivity index (χ4n) is 3.91. The highest BCUT2D eigenvalue weighted by Crippen LogP contribution is 2.14. The smallest absolute Gasteiger partial charge is 0.309 e. The van der Waals surface area contributed by atoms with E-state index in [0.29, 0.717) is 12.3 Å². The van der Waals surface area contributed by atoms with E-state index in [2.05, 4.69) is 27.7 Å². The second kappa shape index (κ2) is 9.99. The first-order valence-corrected chi connectivity index (χ1v) is 10.5. The number of hydrogen-bond donors (Lipinski definition) is 3. The third kappa shape index (κ3) is 5.35. The van der Waals surface area contributed by atoms with Crippen LogP contribution in [0.15, 0.2) is 76.0 Å². The van der Waals surface area contributed by atoms with Gasteiger partial charge in [0.1, 0.15) is 5.76 Å². The fourth-order valence-corrected chi connectivity index (χ4v) is 3.91. The SMILES string of the molecule is O=C(NCc1ccco1)C(=O)NC[C@@H](c1ccco1)[NH+]1CCN(c2ccccc2)CC1. The van der Waals surface area contributed by atoms with Crippen molar-refractivity contribution in [3.8, 4) is 0 Å². The predicted molar refractivity (Wildman–Crippen MR) is 114 cm³/mol. The van der Waals surface area contributed by atoms with Crippen LogP contribution in [0.2, 0.25) is 0 Å². The zero-order valence-corrected chi connectivity index (χ0v) is 17.3. The number of benzene rings is 1. The van der Waals surface area contributed by atoms with Gasteiger partial charge in [0.15, 0.2) is 11.8 Å². The predicted octanol–water partition coefficient (Wildman–Crippen LogP) is 0.751. The summed E-state index contributed by atoms with van der Waals surface area (Å²) < 4.78 is 10.8. The summed E-state index contributed by atoms with van der Waals surface area (Å²) in [6, 6.07) is 17.5. The van der Waals surface area contributed by atoms with Crippen molar-refractivity contribution in [2.75, 3.05) is 37.6 Å². The molecule has 3 aromatic rings. The van der Waals surface area contributed by atoms with Gasteiger partial charge in [-0.3, -0.25) is 9.59 Å². The summed E-state index contributed by atoms with van der Waals surface area (Å²) in [6.45, 7) is 4.12. The lowest BCUT2D eigenvalue weighted by Gasteiger charge is -2.37. The second-order valence-corrected chi connectivity index (χ2v) is 7.52. The molecule has 1 atom stereocenters. The number of nitrogens with zero attached hydrogens (tertiary/aromatic N) is 1. The molecule has 1 aromatic carbocycles. The van der Waals surface area contributed by atoms with Crippen LogP contribution in [-0.4, -0.2) is 44.5 Å². The molecule has 2 aromatic heterocycles. The number of quaternary nitrogens is 1. The Morgan fingerprint density at radius 1 is 0.903 bits per heavy atom. The molecule has 0 radical (unpaired) electrons. The first kappa shape index (κ1) is 20.7. The monoisotopic (exact) mass is 423 g/mol. The Morgan fingerprint density at radius 3 is 2.29 bits per heavy atom. The Morgan fingerprint density at radius 2 is 1.61 bits per heavy atom. The van der Waals surface area contributed by atoms with Gasteiger partial charge in [-0.05, 0) is 36.4 Å². The molecule has 0 unspecified atom stereocenters. The zero-order valence-electron chi connectivity index (χ0n) is 17.3. The van der Waals surface area contributed by atoms with Gasteiger partial charge in [0.05, 0.1) is 51.8 Å². The van der Waals surface area contributed by atoms with Crippen molar-refractivity contribution in [2.45, 2.75) is 12.6 Å². The molecule has 0 spiro atoms. The van der Waals surface area contributed by atoms with Crippen molar-refractivity contribution < 1.29 is 23.3 Å². The van der Waals surface area contributed by atoms with Gasteiger partial charge in [-0.1, -0.05) is 18.2 Å². The Hall–Kier alpha value is -3.52. The van der Waals surface area contributed by atoms with Crippen molar-refractivity contribution in [2.24, 2.45) is 0 Å². The number of carbonyl (C=O) groups excluding carboxylic acids is 2. The summed E-state index contributed by atoms with van der Waals surface area (Å²) in [6.07, 6.45) is 3.16. The number of nitrogens with one attached hydrogen (secondary N) is 3. The van der Waals surface area contributed by atoms with E-state index < -0.39 is 11.8 Å². The van der Waals surface area contributed by atoms with Crippen molar-refractivity contribution in [1.29, 1.82) is 0 Å². The van der Waals surface area contributed by atoms with E-state index in [-0.39, 0.29) is 12.6 Å². The van der Waals surface area contributed by atoms with Gasteiger partial charge in [0.25, 0.3) is 0 Å². The first-order valence-electron chi connectivity index (χ1n) is 10.5. The molecule has 8 heteroatoms. The van der Waals surface area contributed by atoms with Crippen LogP contribution in [0.1, 0.15) is 17.6 Å². The molecule has 0 aliphatic carbocycles. The highest BCUT2D eigenvalue weighted by molar-refractivity contribution is 6.35. The molecular formula is C23H27N4O4+. The fraction of sp³-hybridized carbons (Fsp3) is 0.304. The van der Waals surface area contributed by atoms with E-state index in [1.54, 1.807) is 18.4 Å². The van der Waals surface area contributed by atoms with Crippen LogP contribution in [0.5, 0.6) is 0 Å². The van der Waals surface area contributed by atoms with E-state index in [1.165, 1.54) is 16.9 Å². The average Bonchev–Trinajstić information content (AvgIpc) is 3.53. The largest absolute Gasteiger partial charge is 0.467 e. The van der Waals surface area contributed by atoms with E-state index >= 15 is 0 Å². The lowest BCUT2D eigenvalue weighted by atomic mass is 10.1. The first-order chi connectivity index (χ1) is 15.2. The molecule has 0 saturated carbocycles. The van der Waals surface area contributed by atoms with Crippen LogP contribution < -0.4 is 20.4 Å². The van der Waals surface area contributed by atoms with Crippen molar-refractivity contribution in [3.05, 3.63) is 78.6 Å². The number of hydrogen-bond acceptors (Lipinski definition) is 5. The molecule has 1 saturated heterocycles. The Labute approximate surface area is 180 Å². The third-order valence-corrected chi connectivity index (χ3v) is 5.58. The van der Waals surface area contributed by atoms with Gasteiger partial charge in [-0.15, -0.1) is 0 Å². The molecule has 1 aliphatic heterocycles. The number of rotatable bonds is 7. The van der Waals surface area contributed by atoms with Crippen molar-refractivity contribution in [3.63, 3.8) is 0 Å². The highest BCUT2D eigenvalue weighted by Gasteiger charge is 2.31. The number of furan rings is 2. The summed E-state index contributed by atoms with van der Waals surface area (Å²) in [5.41, 5.74) is 1.22. The van der Waals surface area contributed by atoms with Gasteiger partial charge < -0.3 is 29.3 Å². The number of anilines is 1. The molecule has 3 heterocycles. The maximum atomic E-state index is 12.3. The van der Waals surface area contributed by atoms with Crippen LogP contribution in [0.3, 0.4) is 0 Å². The topological polar surface area (TPSA) is 92.2 Å². The summed E-state index contributed by atoms with van der Waals surface area (Å²) in [5.74, 6) is 0.0544. The highest BCUT2D eigenvalue weighted by atomic mass is 16.3. The van der Waals surface area contributed by atoms with Crippen LogP contribution in [0.4, 0.5) is 5.69 Å². The molecule has 1 aliphatic rings. The maximum absolute atomic E-state index is 12.3. The third-order valence-electron chi connectivity index (χ3n) is 5.58. The van der Waals surface area contributed by atoms with E-state index in [0.717, 1.165) is 31.9 Å². The van der Waals surface area contributed by atoms with Crippen molar-refractivity contribution in [1.82, 2.24) is 10.6 Å². The molecule has 4 rings (SSSR count). The maximum Gasteiger partial charge on any atom is 0.309 e. The normalized spacial score (nSPS) is 15.4. The second-order valence-electron chi connectivity index (χ2n) is 7.52. The quantitative estimate of drug-likeness (QED) is 0.488. The number of carbonyl (C=O) groups is 2. The lowest BCUT2D eigenvalue weighted by molar-refractivity contribution is -0.932. The number of para-hydroxylation sites is 1. The lowest BCUT2D eigenvalue weighted by Crippen LogP contribution is -3.15. The van der Waals surface area contributed by atoms with E-state index in [1.807, 2.05) is 30.3 Å². The minimum Gasteiger partial charge on any atom is -0.467 e. The zero-order chi connectivity index (χ0) is 21.5. The van der Waals surface area contributed by atoms with Gasteiger partial charge in [0, 0.05) is 5.69 Å². The van der Waals surface area contributed by atoms with Gasteiger partial charge in [-0.25, -0.2) is 0 Å². The average molecular weight is 423 g/mol. The minimum atomic E-state index is -0.682. The molecule has 0 bridgehead atoms. The van der Waals surface area contributed by atoms with Gasteiger partial charge >= 0.3 is 11.8 Å². The van der Waals surface area contributed by atoms with Gasteiger partial charge in [-0.2, -0.15) is 0 Å². The van der Waals surface area contributed by atoms with Crippen LogP contribution in [0.25, 0.3) is 0 Å². The molecule has 162 valence electrons. The molecule has 3 N–H and O–H groups in total. The van der Waals surface area contributed by atoms with E-state index in [4.69, 9.17) is 8.83 Å². The van der Waals surface area contributed by atoms with Crippen LogP contribution in [0, 0.1) is 0 Å². The molecule has 2 amide bonds. The summed E-state index contributed by atoms with van der Waals surface area (Å²) in [7, 11) is 0. The van der Waals surface area contributed by atoms with Crippen molar-refractivity contribution >= 4 is 17.5 Å². The molecule has 31 heavy (non-hydrogen) atoms. The minimum absolute atomic E-state index is 0.0604. The molecule has 1 fully saturated rings. The van der Waals surface area contributed by atoms with E-state index in [9.17, 15) is 9.59 Å². The molecule has 8 nitrogen and oxygen atoms in total. The standard InChI is InChI=1S/C23H26N4O4/c28-22(24-16-19-8-4-14-30-19)23(29)25-17-20(21-9-5-15-31-21)27-12-10-26(11-13-27)18-6-2-1-3-7-18/h1-9,14-15,20H,10-13,16-17H2,(H,24,28)(H,25,29)/p+1/t20-/m0/s1. The van der Waals surface area contributed by atoms with Crippen LogP contribution >= 0.6 is 0 Å². The summed E-state index contributed by atoms with van der Waals surface area (Å²) >= 11 is 0. The number of amides is 2. The Balaban J connectivity index is 1.32. The Kier molecular flexibility index (Phi) is 6.68. The summed E-state index contributed by atoms with van der Waals surface area (Å²) in [5, 5.41) is 5.33. The van der Waals surface area contributed by atoms with Gasteiger partial charge in [0.2, 0.25) is 0 Å². The number of piperazine rings is 1. The summed E-state index contributed by atoms with van der Waals surface area (Å²) in [4.78, 5) is 28.1. The molecular weight excluding hydrogens is 396 g/mol. The van der Waals surface area contributed by atoms with Crippen LogP contribution in [-0.2, 0) is 16.1 Å².